The number of phenols is 1. The SMILES string of the molecule is CCN(C(=O)c1cc(N)cc(Cl)c1)c1cc(O)ccc1C. The van der Waals surface area contributed by atoms with Crippen molar-refractivity contribution >= 4 is 28.9 Å². The monoisotopic (exact) mass is 304 g/mol. The van der Waals surface area contributed by atoms with Gasteiger partial charge >= 0.3 is 0 Å². The minimum atomic E-state index is -0.208. The van der Waals surface area contributed by atoms with E-state index in [-0.39, 0.29) is 11.7 Å². The first-order valence-electron chi connectivity index (χ1n) is 6.60. The van der Waals surface area contributed by atoms with Crippen LogP contribution >= 0.6 is 11.6 Å². The molecular weight excluding hydrogens is 288 g/mol. The van der Waals surface area contributed by atoms with Crippen molar-refractivity contribution in [1.29, 1.82) is 0 Å². The fourth-order valence-corrected chi connectivity index (χ4v) is 2.45. The number of phenolic OH excluding ortho intramolecular Hbond substituents is 1. The van der Waals surface area contributed by atoms with Crippen molar-refractivity contribution in [3.05, 3.63) is 52.5 Å². The van der Waals surface area contributed by atoms with Crippen LogP contribution in [0.4, 0.5) is 11.4 Å². The number of nitrogen functional groups attached to an aromatic ring is 1. The third kappa shape index (κ3) is 3.28. The van der Waals surface area contributed by atoms with Crippen LogP contribution in [0.25, 0.3) is 0 Å². The molecule has 0 aromatic heterocycles. The molecule has 0 aliphatic heterocycles. The van der Waals surface area contributed by atoms with E-state index < -0.39 is 0 Å². The molecule has 0 atom stereocenters. The molecule has 2 aromatic carbocycles. The van der Waals surface area contributed by atoms with Gasteiger partial charge < -0.3 is 15.7 Å². The maximum absolute atomic E-state index is 12.7. The summed E-state index contributed by atoms with van der Waals surface area (Å²) >= 11 is 5.95. The summed E-state index contributed by atoms with van der Waals surface area (Å²) in [6.07, 6.45) is 0. The van der Waals surface area contributed by atoms with E-state index in [0.717, 1.165) is 5.56 Å². The number of hydrogen-bond acceptors (Lipinski definition) is 3. The van der Waals surface area contributed by atoms with Gasteiger partial charge in [0.2, 0.25) is 0 Å². The zero-order chi connectivity index (χ0) is 15.6. The number of benzene rings is 2. The highest BCUT2D eigenvalue weighted by molar-refractivity contribution is 6.31. The largest absolute Gasteiger partial charge is 0.508 e. The summed E-state index contributed by atoms with van der Waals surface area (Å²) < 4.78 is 0. The van der Waals surface area contributed by atoms with E-state index in [0.29, 0.717) is 28.5 Å². The third-order valence-corrected chi connectivity index (χ3v) is 3.43. The van der Waals surface area contributed by atoms with Crippen LogP contribution in [0, 0.1) is 6.92 Å². The number of carbonyl (C=O) groups excluding carboxylic acids is 1. The number of rotatable bonds is 3. The fraction of sp³-hybridized carbons (Fsp3) is 0.188. The number of aryl methyl sites for hydroxylation is 1. The van der Waals surface area contributed by atoms with Crippen LogP contribution in [0.2, 0.25) is 5.02 Å². The molecule has 0 aliphatic carbocycles. The minimum absolute atomic E-state index is 0.118. The summed E-state index contributed by atoms with van der Waals surface area (Å²) in [5.41, 5.74) is 8.17. The lowest BCUT2D eigenvalue weighted by molar-refractivity contribution is 0.0988. The Hall–Kier alpha value is -2.20. The highest BCUT2D eigenvalue weighted by Crippen LogP contribution is 2.27. The van der Waals surface area contributed by atoms with E-state index in [9.17, 15) is 9.90 Å². The number of nitrogens with two attached hydrogens (primary N) is 1. The van der Waals surface area contributed by atoms with Crippen molar-refractivity contribution in [3.8, 4) is 5.75 Å². The summed E-state index contributed by atoms with van der Waals surface area (Å²) in [6, 6.07) is 9.70. The van der Waals surface area contributed by atoms with Crippen LogP contribution in [0.15, 0.2) is 36.4 Å². The number of nitrogens with zero attached hydrogens (tertiary/aromatic N) is 1. The predicted octanol–water partition coefficient (Wildman–Crippen LogP) is 3.60. The Labute approximate surface area is 128 Å². The van der Waals surface area contributed by atoms with Gasteiger partial charge in [0, 0.05) is 28.9 Å². The van der Waals surface area contributed by atoms with E-state index >= 15 is 0 Å². The summed E-state index contributed by atoms with van der Waals surface area (Å²) in [4.78, 5) is 14.3. The van der Waals surface area contributed by atoms with Gasteiger partial charge in [-0.25, -0.2) is 0 Å². The van der Waals surface area contributed by atoms with Crippen molar-refractivity contribution < 1.29 is 9.90 Å². The molecule has 0 saturated heterocycles. The molecule has 0 saturated carbocycles. The number of hydrogen-bond donors (Lipinski definition) is 2. The fourth-order valence-electron chi connectivity index (χ4n) is 2.20. The standard InChI is InChI=1S/C16H17ClN2O2/c1-3-19(15-9-14(20)5-4-10(15)2)16(21)11-6-12(17)8-13(18)7-11/h4-9,20H,3,18H2,1-2H3. The molecule has 110 valence electrons. The maximum atomic E-state index is 12.7. The molecule has 4 nitrogen and oxygen atoms in total. The molecule has 0 radical (unpaired) electrons. The van der Waals surface area contributed by atoms with Crippen LogP contribution in [0.1, 0.15) is 22.8 Å². The molecular formula is C16H17ClN2O2. The summed E-state index contributed by atoms with van der Waals surface area (Å²) in [7, 11) is 0. The molecule has 21 heavy (non-hydrogen) atoms. The first-order valence-corrected chi connectivity index (χ1v) is 6.97. The minimum Gasteiger partial charge on any atom is -0.508 e. The Morgan fingerprint density at radius 1 is 1.29 bits per heavy atom. The molecule has 0 fully saturated rings. The zero-order valence-corrected chi connectivity index (χ0v) is 12.7. The Kier molecular flexibility index (Phi) is 4.38. The topological polar surface area (TPSA) is 66.6 Å². The highest BCUT2D eigenvalue weighted by Gasteiger charge is 2.19. The van der Waals surface area contributed by atoms with Crippen molar-refractivity contribution in [2.24, 2.45) is 0 Å². The van der Waals surface area contributed by atoms with Gasteiger partial charge in [-0.3, -0.25) is 4.79 Å². The molecule has 0 bridgehead atoms. The summed E-state index contributed by atoms with van der Waals surface area (Å²) in [5.74, 6) is -0.0899. The third-order valence-electron chi connectivity index (χ3n) is 3.21. The Morgan fingerprint density at radius 2 is 2.00 bits per heavy atom. The molecule has 3 N–H and O–H groups in total. The Balaban J connectivity index is 2.45. The van der Waals surface area contributed by atoms with Crippen molar-refractivity contribution in [3.63, 3.8) is 0 Å². The van der Waals surface area contributed by atoms with Gasteiger partial charge in [0.25, 0.3) is 5.91 Å². The summed E-state index contributed by atoms with van der Waals surface area (Å²) in [6.45, 7) is 4.22. The van der Waals surface area contributed by atoms with Crippen LogP contribution < -0.4 is 10.6 Å². The predicted molar refractivity (Wildman–Crippen MR) is 86.1 cm³/mol. The first kappa shape index (κ1) is 15.2. The Morgan fingerprint density at radius 3 is 2.62 bits per heavy atom. The summed E-state index contributed by atoms with van der Waals surface area (Å²) in [5, 5.41) is 10.1. The molecule has 1 amide bonds. The van der Waals surface area contributed by atoms with E-state index in [1.54, 1.807) is 41.3 Å². The molecule has 0 unspecified atom stereocenters. The number of amides is 1. The number of anilines is 2. The van der Waals surface area contributed by atoms with Crippen molar-refractivity contribution in [2.75, 3.05) is 17.2 Å². The van der Waals surface area contributed by atoms with Crippen LogP contribution in [0.3, 0.4) is 0 Å². The van der Waals surface area contributed by atoms with Gasteiger partial charge in [-0.15, -0.1) is 0 Å². The van der Waals surface area contributed by atoms with Crippen molar-refractivity contribution in [2.45, 2.75) is 13.8 Å². The van der Waals surface area contributed by atoms with E-state index in [1.165, 1.54) is 0 Å². The lowest BCUT2D eigenvalue weighted by atomic mass is 10.1. The van der Waals surface area contributed by atoms with Crippen LogP contribution in [-0.2, 0) is 0 Å². The first-order chi connectivity index (χ1) is 9.92. The molecule has 0 heterocycles. The lowest BCUT2D eigenvalue weighted by Gasteiger charge is -2.23. The number of carbonyl (C=O) groups is 1. The van der Waals surface area contributed by atoms with Gasteiger partial charge in [0.1, 0.15) is 5.75 Å². The second-order valence-electron chi connectivity index (χ2n) is 4.79. The maximum Gasteiger partial charge on any atom is 0.258 e. The van der Waals surface area contributed by atoms with Gasteiger partial charge in [-0.1, -0.05) is 17.7 Å². The average Bonchev–Trinajstić information content (AvgIpc) is 2.42. The number of halogens is 1. The quantitative estimate of drug-likeness (QED) is 0.851. The van der Waals surface area contributed by atoms with Crippen LogP contribution in [-0.4, -0.2) is 17.6 Å². The van der Waals surface area contributed by atoms with Gasteiger partial charge in [-0.2, -0.15) is 0 Å². The Bertz CT molecular complexity index is 666. The second kappa shape index (κ2) is 6.06. The smallest absolute Gasteiger partial charge is 0.258 e. The highest BCUT2D eigenvalue weighted by atomic mass is 35.5. The van der Waals surface area contributed by atoms with Gasteiger partial charge in [0.15, 0.2) is 0 Å². The molecule has 0 aliphatic rings. The average molecular weight is 305 g/mol. The number of aromatic hydroxyl groups is 1. The molecule has 5 heteroatoms. The van der Waals surface area contributed by atoms with E-state index in [1.807, 2.05) is 13.8 Å². The normalized spacial score (nSPS) is 10.4. The lowest BCUT2D eigenvalue weighted by Crippen LogP contribution is -2.31. The van der Waals surface area contributed by atoms with Crippen LogP contribution in [0.5, 0.6) is 5.75 Å². The van der Waals surface area contributed by atoms with Crippen molar-refractivity contribution in [1.82, 2.24) is 0 Å². The molecule has 2 rings (SSSR count). The van der Waals surface area contributed by atoms with E-state index in [4.69, 9.17) is 17.3 Å². The van der Waals surface area contributed by atoms with Gasteiger partial charge in [0.05, 0.1) is 5.69 Å². The zero-order valence-electron chi connectivity index (χ0n) is 11.9. The molecule has 0 spiro atoms. The van der Waals surface area contributed by atoms with Gasteiger partial charge in [-0.05, 0) is 43.7 Å². The van der Waals surface area contributed by atoms with E-state index in [2.05, 4.69) is 0 Å². The molecule has 2 aromatic rings. The second-order valence-corrected chi connectivity index (χ2v) is 5.23.